The average molecular weight is 300 g/mol. The van der Waals surface area contributed by atoms with Crippen LogP contribution in [0.25, 0.3) is 0 Å². The number of carbonyl (C=O) groups excluding carboxylic acids is 1. The van der Waals surface area contributed by atoms with Crippen molar-refractivity contribution in [1.82, 2.24) is 20.3 Å². The van der Waals surface area contributed by atoms with Crippen LogP contribution in [0.2, 0.25) is 0 Å². The number of nitrogens with zero attached hydrogens (tertiary/aromatic N) is 3. The number of para-hydroxylation sites is 1. The maximum absolute atomic E-state index is 12.0. The zero-order valence-corrected chi connectivity index (χ0v) is 12.8. The largest absolute Gasteiger partial charge is 0.488 e. The highest BCUT2D eigenvalue weighted by atomic mass is 16.5. The molecule has 116 valence electrons. The van der Waals surface area contributed by atoms with Crippen LogP contribution in [-0.4, -0.2) is 33.0 Å². The lowest BCUT2D eigenvalue weighted by Crippen LogP contribution is -2.39. The van der Waals surface area contributed by atoms with Gasteiger partial charge in [-0.1, -0.05) is 18.2 Å². The maximum Gasteiger partial charge on any atom is 0.243 e. The molecule has 6 heteroatoms. The van der Waals surface area contributed by atoms with E-state index in [1.165, 1.54) is 4.80 Å². The van der Waals surface area contributed by atoms with Crippen LogP contribution < -0.4 is 10.1 Å². The number of amides is 1. The Morgan fingerprint density at radius 1 is 1.36 bits per heavy atom. The highest BCUT2D eigenvalue weighted by Crippen LogP contribution is 2.40. The Kier molecular flexibility index (Phi) is 3.83. The third kappa shape index (κ3) is 3.27. The standard InChI is InChI=1S/C16H20N4O2/c1-16(2)9-12(13-5-3-4-6-14(13)22-16)10-17-15(21)11-20-18-7-8-19-20/h3-8,12H,9-11H2,1-2H3,(H,17,21). The molecule has 0 fully saturated rings. The molecule has 1 amide bonds. The zero-order valence-electron chi connectivity index (χ0n) is 12.8. The van der Waals surface area contributed by atoms with Gasteiger partial charge in [0.05, 0.1) is 12.4 Å². The summed E-state index contributed by atoms with van der Waals surface area (Å²) in [6.07, 6.45) is 3.99. The van der Waals surface area contributed by atoms with Crippen LogP contribution in [0.1, 0.15) is 31.7 Å². The Hall–Kier alpha value is -2.37. The summed E-state index contributed by atoms with van der Waals surface area (Å²) in [6, 6.07) is 8.03. The lowest BCUT2D eigenvalue weighted by atomic mass is 9.84. The normalized spacial score (nSPS) is 19.1. The predicted molar refractivity (Wildman–Crippen MR) is 81.5 cm³/mol. The number of hydrogen-bond acceptors (Lipinski definition) is 4. The second-order valence-electron chi connectivity index (χ2n) is 6.16. The highest BCUT2D eigenvalue weighted by molar-refractivity contribution is 5.75. The molecule has 0 bridgehead atoms. The minimum atomic E-state index is -0.229. The first-order valence-electron chi connectivity index (χ1n) is 7.42. The van der Waals surface area contributed by atoms with E-state index in [9.17, 15) is 4.79 Å². The molecule has 22 heavy (non-hydrogen) atoms. The van der Waals surface area contributed by atoms with Gasteiger partial charge in [0, 0.05) is 12.5 Å². The lowest BCUT2D eigenvalue weighted by molar-refractivity contribution is -0.122. The molecule has 1 aromatic heterocycles. The smallest absolute Gasteiger partial charge is 0.243 e. The van der Waals surface area contributed by atoms with Crippen molar-refractivity contribution < 1.29 is 9.53 Å². The number of hydrogen-bond donors (Lipinski definition) is 1. The number of ether oxygens (including phenoxy) is 1. The summed E-state index contributed by atoms with van der Waals surface area (Å²) in [5.74, 6) is 1.07. The van der Waals surface area contributed by atoms with Gasteiger partial charge in [-0.2, -0.15) is 15.0 Å². The second kappa shape index (κ2) is 5.79. The van der Waals surface area contributed by atoms with Gasteiger partial charge in [0.1, 0.15) is 17.9 Å². The Labute approximate surface area is 129 Å². The van der Waals surface area contributed by atoms with Crippen molar-refractivity contribution in [2.45, 2.75) is 38.3 Å². The Balaban J connectivity index is 1.65. The van der Waals surface area contributed by atoms with E-state index in [0.717, 1.165) is 17.7 Å². The van der Waals surface area contributed by atoms with Gasteiger partial charge in [0.2, 0.25) is 5.91 Å². The summed E-state index contributed by atoms with van der Waals surface area (Å²) < 4.78 is 6.00. The zero-order chi connectivity index (χ0) is 15.6. The first-order chi connectivity index (χ1) is 10.5. The fourth-order valence-corrected chi connectivity index (χ4v) is 2.88. The van der Waals surface area contributed by atoms with Crippen LogP contribution in [0.4, 0.5) is 0 Å². The van der Waals surface area contributed by atoms with E-state index in [2.05, 4.69) is 35.4 Å². The molecule has 0 aliphatic carbocycles. The first kappa shape index (κ1) is 14.6. The number of fused-ring (bicyclic) bond motifs is 1. The van der Waals surface area contributed by atoms with E-state index in [1.54, 1.807) is 12.4 Å². The number of aromatic nitrogens is 3. The maximum atomic E-state index is 12.0. The quantitative estimate of drug-likeness (QED) is 0.934. The Morgan fingerprint density at radius 2 is 2.09 bits per heavy atom. The SMILES string of the molecule is CC1(C)CC(CNC(=O)Cn2nccn2)c2ccccc2O1. The third-order valence-corrected chi connectivity index (χ3v) is 3.78. The predicted octanol–water partition coefficient (Wildman–Crippen LogP) is 1.74. The molecule has 3 rings (SSSR count). The van der Waals surface area contributed by atoms with Gasteiger partial charge >= 0.3 is 0 Å². The van der Waals surface area contributed by atoms with Gasteiger partial charge in [-0.15, -0.1) is 0 Å². The van der Waals surface area contributed by atoms with Crippen LogP contribution in [-0.2, 0) is 11.3 Å². The summed E-state index contributed by atoms with van der Waals surface area (Å²) in [5, 5.41) is 10.8. The molecule has 6 nitrogen and oxygen atoms in total. The van der Waals surface area contributed by atoms with Crippen molar-refractivity contribution >= 4 is 5.91 Å². The Morgan fingerprint density at radius 3 is 2.86 bits per heavy atom. The van der Waals surface area contributed by atoms with Crippen LogP contribution in [0, 0.1) is 0 Å². The van der Waals surface area contributed by atoms with Gasteiger partial charge in [0.25, 0.3) is 0 Å². The van der Waals surface area contributed by atoms with Gasteiger partial charge in [-0.25, -0.2) is 0 Å². The molecule has 1 atom stereocenters. The van der Waals surface area contributed by atoms with Crippen molar-refractivity contribution in [2.75, 3.05) is 6.54 Å². The van der Waals surface area contributed by atoms with E-state index < -0.39 is 0 Å². The fourth-order valence-electron chi connectivity index (χ4n) is 2.88. The van der Waals surface area contributed by atoms with Gasteiger partial charge in [-0.3, -0.25) is 4.79 Å². The van der Waals surface area contributed by atoms with E-state index in [1.807, 2.05) is 18.2 Å². The molecular formula is C16H20N4O2. The number of carbonyl (C=O) groups is 1. The van der Waals surface area contributed by atoms with Gasteiger partial charge < -0.3 is 10.1 Å². The summed E-state index contributed by atoms with van der Waals surface area (Å²) >= 11 is 0. The summed E-state index contributed by atoms with van der Waals surface area (Å²) in [5.41, 5.74) is 0.923. The molecule has 1 aliphatic rings. The van der Waals surface area contributed by atoms with Crippen molar-refractivity contribution in [3.05, 3.63) is 42.2 Å². The number of nitrogens with one attached hydrogen (secondary N) is 1. The Bertz CT molecular complexity index is 652. The highest BCUT2D eigenvalue weighted by Gasteiger charge is 2.33. The third-order valence-electron chi connectivity index (χ3n) is 3.78. The minimum absolute atomic E-state index is 0.0852. The molecular weight excluding hydrogens is 280 g/mol. The minimum Gasteiger partial charge on any atom is -0.488 e. The van der Waals surface area contributed by atoms with Crippen LogP contribution in [0.15, 0.2) is 36.7 Å². The van der Waals surface area contributed by atoms with E-state index in [4.69, 9.17) is 4.74 Å². The molecule has 0 saturated heterocycles. The number of rotatable bonds is 4. The van der Waals surface area contributed by atoms with E-state index >= 15 is 0 Å². The molecule has 2 aromatic rings. The van der Waals surface area contributed by atoms with Gasteiger partial charge in [0.15, 0.2) is 0 Å². The van der Waals surface area contributed by atoms with Crippen molar-refractivity contribution in [3.63, 3.8) is 0 Å². The molecule has 0 saturated carbocycles. The van der Waals surface area contributed by atoms with Crippen LogP contribution in [0.3, 0.4) is 0 Å². The van der Waals surface area contributed by atoms with Crippen LogP contribution in [0.5, 0.6) is 5.75 Å². The molecule has 0 spiro atoms. The molecule has 2 heterocycles. The van der Waals surface area contributed by atoms with Crippen LogP contribution >= 0.6 is 0 Å². The molecule has 1 aliphatic heterocycles. The molecule has 1 aromatic carbocycles. The van der Waals surface area contributed by atoms with Crippen molar-refractivity contribution in [3.8, 4) is 5.75 Å². The summed E-state index contributed by atoms with van der Waals surface area (Å²) in [7, 11) is 0. The number of benzene rings is 1. The monoisotopic (exact) mass is 300 g/mol. The molecule has 1 unspecified atom stereocenters. The topological polar surface area (TPSA) is 69.0 Å². The van der Waals surface area contributed by atoms with Crippen molar-refractivity contribution in [2.24, 2.45) is 0 Å². The summed E-state index contributed by atoms with van der Waals surface area (Å²) in [6.45, 7) is 4.88. The fraction of sp³-hybridized carbons (Fsp3) is 0.438. The lowest BCUT2D eigenvalue weighted by Gasteiger charge is -2.37. The molecule has 0 radical (unpaired) electrons. The average Bonchev–Trinajstić information content (AvgIpc) is 2.96. The molecule has 1 N–H and O–H groups in total. The first-order valence-corrected chi connectivity index (χ1v) is 7.42. The summed E-state index contributed by atoms with van der Waals surface area (Å²) in [4.78, 5) is 13.4. The van der Waals surface area contributed by atoms with Gasteiger partial charge in [-0.05, 0) is 31.9 Å². The van der Waals surface area contributed by atoms with Crippen molar-refractivity contribution in [1.29, 1.82) is 0 Å². The van der Waals surface area contributed by atoms with E-state index in [-0.39, 0.29) is 24.0 Å². The second-order valence-corrected chi connectivity index (χ2v) is 6.16. The van der Waals surface area contributed by atoms with E-state index in [0.29, 0.717) is 6.54 Å².